The number of hydrogen-bond acceptors (Lipinski definition) is 4. The summed E-state index contributed by atoms with van der Waals surface area (Å²) in [7, 11) is -3.63. The van der Waals surface area contributed by atoms with Crippen molar-refractivity contribution in [2.75, 3.05) is 39.4 Å². The number of rotatable bonds is 6. The molecule has 3 N–H and O–H groups in total. The molecule has 1 atom stereocenters. The molecule has 1 fully saturated rings. The van der Waals surface area contributed by atoms with Crippen LogP contribution in [0, 0.1) is 0 Å². The highest BCUT2D eigenvalue weighted by Crippen LogP contribution is 2.18. The third kappa shape index (κ3) is 4.31. The van der Waals surface area contributed by atoms with Gasteiger partial charge in [0.2, 0.25) is 10.0 Å². The van der Waals surface area contributed by atoms with E-state index in [-0.39, 0.29) is 11.4 Å². The van der Waals surface area contributed by atoms with Crippen molar-refractivity contribution in [2.24, 2.45) is 0 Å². The molecule has 0 unspecified atom stereocenters. The van der Waals surface area contributed by atoms with Gasteiger partial charge in [-0.1, -0.05) is 30.3 Å². The Morgan fingerprint density at radius 2 is 1.83 bits per heavy atom. The van der Waals surface area contributed by atoms with Gasteiger partial charge in [-0.25, -0.2) is 13.1 Å². The summed E-state index contributed by atoms with van der Waals surface area (Å²) >= 11 is 0. The van der Waals surface area contributed by atoms with Crippen LogP contribution in [-0.2, 0) is 14.8 Å². The van der Waals surface area contributed by atoms with Crippen molar-refractivity contribution in [3.8, 4) is 0 Å². The summed E-state index contributed by atoms with van der Waals surface area (Å²) in [6.07, 6.45) is -0.715. The summed E-state index contributed by atoms with van der Waals surface area (Å²) < 4.78 is 32.6. The number of ether oxygens (including phenoxy) is 1. The Morgan fingerprint density at radius 3 is 2.58 bits per heavy atom. The second kappa shape index (κ2) is 7.58. The van der Waals surface area contributed by atoms with E-state index < -0.39 is 16.1 Å². The zero-order valence-corrected chi connectivity index (χ0v) is 14.3. The molecule has 0 amide bonds. The average Bonchev–Trinajstić information content (AvgIpc) is 2.60. The van der Waals surface area contributed by atoms with Crippen molar-refractivity contribution in [3.05, 3.63) is 42.5 Å². The second-order valence-corrected chi connectivity index (χ2v) is 7.85. The number of sulfonamides is 1. The first kappa shape index (κ1) is 17.3. The van der Waals surface area contributed by atoms with E-state index in [4.69, 9.17) is 4.74 Å². The van der Waals surface area contributed by atoms with Crippen LogP contribution in [0.2, 0.25) is 0 Å². The summed E-state index contributed by atoms with van der Waals surface area (Å²) in [5.74, 6) is 0. The number of morpholine rings is 1. The van der Waals surface area contributed by atoms with Crippen molar-refractivity contribution in [1.29, 1.82) is 0 Å². The zero-order valence-electron chi connectivity index (χ0n) is 13.4. The molecular formula is C17H23N2O4S+. The van der Waals surface area contributed by atoms with Gasteiger partial charge in [-0.15, -0.1) is 0 Å². The minimum absolute atomic E-state index is 0.0134. The molecule has 1 aliphatic heterocycles. The van der Waals surface area contributed by atoms with Crippen molar-refractivity contribution in [3.63, 3.8) is 0 Å². The molecule has 0 radical (unpaired) electrons. The molecule has 0 bridgehead atoms. The number of nitrogens with one attached hydrogen (secondary N) is 2. The van der Waals surface area contributed by atoms with Gasteiger partial charge in [0.05, 0.1) is 18.1 Å². The molecule has 0 aliphatic carbocycles. The first-order valence-corrected chi connectivity index (χ1v) is 9.61. The Labute approximate surface area is 142 Å². The number of fused-ring (bicyclic) bond motifs is 1. The number of quaternary nitrogens is 1. The zero-order chi connectivity index (χ0) is 17.0. The van der Waals surface area contributed by atoms with E-state index in [1.165, 1.54) is 4.90 Å². The summed E-state index contributed by atoms with van der Waals surface area (Å²) in [5.41, 5.74) is 0. The molecule has 2 aromatic carbocycles. The van der Waals surface area contributed by atoms with Crippen LogP contribution < -0.4 is 9.62 Å². The molecule has 130 valence electrons. The van der Waals surface area contributed by atoms with Gasteiger partial charge < -0.3 is 14.7 Å². The summed E-state index contributed by atoms with van der Waals surface area (Å²) in [5, 5.41) is 12.0. The van der Waals surface area contributed by atoms with E-state index in [1.54, 1.807) is 18.2 Å². The van der Waals surface area contributed by atoms with Crippen LogP contribution in [0.15, 0.2) is 47.4 Å². The van der Waals surface area contributed by atoms with Crippen LogP contribution in [-0.4, -0.2) is 59.0 Å². The SMILES string of the molecule is O=S(=O)(NC[C@@H](O)C[NH+]1CCOCC1)c1ccc2ccccc2c1. The monoisotopic (exact) mass is 351 g/mol. The van der Waals surface area contributed by atoms with Crippen molar-refractivity contribution in [1.82, 2.24) is 4.72 Å². The maximum atomic E-state index is 12.4. The van der Waals surface area contributed by atoms with Gasteiger partial charge >= 0.3 is 0 Å². The molecule has 0 aromatic heterocycles. The topological polar surface area (TPSA) is 80.1 Å². The van der Waals surface area contributed by atoms with Crippen LogP contribution in [0.3, 0.4) is 0 Å². The minimum Gasteiger partial charge on any atom is -0.386 e. The highest BCUT2D eigenvalue weighted by atomic mass is 32.2. The lowest BCUT2D eigenvalue weighted by Gasteiger charge is -2.25. The minimum atomic E-state index is -3.63. The predicted octanol–water partition coefficient (Wildman–Crippen LogP) is -0.606. The maximum absolute atomic E-state index is 12.4. The van der Waals surface area contributed by atoms with E-state index in [0.717, 1.165) is 23.9 Å². The smallest absolute Gasteiger partial charge is 0.240 e. The second-order valence-electron chi connectivity index (χ2n) is 6.08. The van der Waals surface area contributed by atoms with E-state index in [2.05, 4.69) is 4.72 Å². The quantitative estimate of drug-likeness (QED) is 0.649. The van der Waals surface area contributed by atoms with Crippen LogP contribution in [0.1, 0.15) is 0 Å². The molecular weight excluding hydrogens is 328 g/mol. The fourth-order valence-electron chi connectivity index (χ4n) is 2.89. The summed E-state index contributed by atoms with van der Waals surface area (Å²) in [6.45, 7) is 3.59. The van der Waals surface area contributed by atoms with Crippen molar-refractivity contribution in [2.45, 2.75) is 11.0 Å². The molecule has 1 saturated heterocycles. The van der Waals surface area contributed by atoms with Crippen molar-refractivity contribution >= 4 is 20.8 Å². The van der Waals surface area contributed by atoms with Gasteiger partial charge in [0.15, 0.2) is 0 Å². The largest absolute Gasteiger partial charge is 0.386 e. The number of benzene rings is 2. The fourth-order valence-corrected chi connectivity index (χ4v) is 4.00. The average molecular weight is 351 g/mol. The predicted molar refractivity (Wildman–Crippen MR) is 91.5 cm³/mol. The van der Waals surface area contributed by atoms with E-state index in [1.807, 2.05) is 24.3 Å². The Balaban J connectivity index is 1.61. The lowest BCUT2D eigenvalue weighted by atomic mass is 10.1. The van der Waals surface area contributed by atoms with Gasteiger partial charge in [0, 0.05) is 6.54 Å². The van der Waals surface area contributed by atoms with Crippen LogP contribution in [0.4, 0.5) is 0 Å². The lowest BCUT2D eigenvalue weighted by Crippen LogP contribution is -3.15. The Bertz CT molecular complexity index is 788. The summed E-state index contributed by atoms with van der Waals surface area (Å²) in [4.78, 5) is 1.45. The highest BCUT2D eigenvalue weighted by Gasteiger charge is 2.21. The molecule has 24 heavy (non-hydrogen) atoms. The van der Waals surface area contributed by atoms with Gasteiger partial charge in [0.25, 0.3) is 0 Å². The van der Waals surface area contributed by atoms with Crippen LogP contribution in [0.5, 0.6) is 0 Å². The first-order valence-electron chi connectivity index (χ1n) is 8.12. The molecule has 1 heterocycles. The van der Waals surface area contributed by atoms with Gasteiger partial charge in [-0.2, -0.15) is 0 Å². The molecule has 3 rings (SSSR count). The Morgan fingerprint density at radius 1 is 1.12 bits per heavy atom. The Kier molecular flexibility index (Phi) is 5.47. The molecule has 6 nitrogen and oxygen atoms in total. The molecule has 0 spiro atoms. The van der Waals surface area contributed by atoms with Crippen molar-refractivity contribution < 1.29 is 23.2 Å². The number of aliphatic hydroxyl groups is 1. The van der Waals surface area contributed by atoms with Crippen LogP contribution >= 0.6 is 0 Å². The third-order valence-corrected chi connectivity index (χ3v) is 5.69. The van der Waals surface area contributed by atoms with Gasteiger partial charge in [0.1, 0.15) is 25.7 Å². The normalized spacial score (nSPS) is 17.9. The van der Waals surface area contributed by atoms with Crippen LogP contribution in [0.25, 0.3) is 10.8 Å². The van der Waals surface area contributed by atoms with Gasteiger partial charge in [-0.05, 0) is 22.9 Å². The molecule has 1 aliphatic rings. The fraction of sp³-hybridized carbons (Fsp3) is 0.412. The van der Waals surface area contributed by atoms with E-state index >= 15 is 0 Å². The first-order chi connectivity index (χ1) is 11.5. The lowest BCUT2D eigenvalue weighted by molar-refractivity contribution is -0.910. The van der Waals surface area contributed by atoms with E-state index in [9.17, 15) is 13.5 Å². The highest BCUT2D eigenvalue weighted by molar-refractivity contribution is 7.89. The Hall–Kier alpha value is -1.51. The summed E-state index contributed by atoms with van der Waals surface area (Å²) in [6, 6.07) is 12.6. The third-order valence-electron chi connectivity index (χ3n) is 4.26. The van der Waals surface area contributed by atoms with Gasteiger partial charge in [-0.3, -0.25) is 0 Å². The molecule has 0 saturated carbocycles. The molecule has 7 heteroatoms. The van der Waals surface area contributed by atoms with E-state index in [0.29, 0.717) is 19.8 Å². The number of hydrogen-bond donors (Lipinski definition) is 3. The molecule has 2 aromatic rings. The maximum Gasteiger partial charge on any atom is 0.240 e. The number of aliphatic hydroxyl groups excluding tert-OH is 1. The standard InChI is InChI=1S/C17H22N2O4S/c20-16(13-19-7-9-23-10-8-19)12-18-24(21,22)17-6-5-14-3-1-2-4-15(14)11-17/h1-6,11,16,18,20H,7-10,12-13H2/p+1/t16-/m1/s1.